The Labute approximate surface area is 178 Å². The topological polar surface area (TPSA) is 81.1 Å². The van der Waals surface area contributed by atoms with E-state index in [9.17, 15) is 9.59 Å². The highest BCUT2D eigenvalue weighted by molar-refractivity contribution is 5.92. The van der Waals surface area contributed by atoms with E-state index in [1.807, 2.05) is 58.2 Å². The van der Waals surface area contributed by atoms with Crippen LogP contribution in [-0.4, -0.2) is 45.2 Å². The highest BCUT2D eigenvalue weighted by Gasteiger charge is 2.17. The minimum Gasteiger partial charge on any atom is -0.490 e. The van der Waals surface area contributed by atoms with Gasteiger partial charge in [-0.05, 0) is 38.5 Å². The fraction of sp³-hybridized carbons (Fsp3) is 0.391. The largest absolute Gasteiger partial charge is 0.490 e. The van der Waals surface area contributed by atoms with Crippen LogP contribution in [0.2, 0.25) is 0 Å². The van der Waals surface area contributed by atoms with Crippen LogP contribution in [0.25, 0.3) is 0 Å². The summed E-state index contributed by atoms with van der Waals surface area (Å²) >= 11 is 0. The third-order valence-corrected chi connectivity index (χ3v) is 4.43. The van der Waals surface area contributed by atoms with E-state index in [2.05, 4.69) is 10.6 Å². The predicted molar refractivity (Wildman–Crippen MR) is 117 cm³/mol. The Bertz CT molecular complexity index is 826. The number of rotatable bonds is 11. The van der Waals surface area contributed by atoms with Crippen molar-refractivity contribution in [1.82, 2.24) is 5.32 Å². The molecule has 3 N–H and O–H groups in total. The molecule has 30 heavy (non-hydrogen) atoms. The maximum absolute atomic E-state index is 12.4. The van der Waals surface area contributed by atoms with Crippen molar-refractivity contribution in [1.29, 1.82) is 0 Å². The van der Waals surface area contributed by atoms with Gasteiger partial charge in [0, 0.05) is 11.8 Å². The summed E-state index contributed by atoms with van der Waals surface area (Å²) in [5.41, 5.74) is 1.67. The number of hydrogen-bond acceptors (Lipinski definition) is 4. The molecule has 0 fully saturated rings. The normalized spacial score (nSPS) is 12.5. The standard InChI is InChI=1S/C23H31N3O4/c1-5-29-20-13-12-19(14-21(20)30-6-2)25-23(28)16-26(4)15-22(27)24-17(3)18-10-8-7-9-11-18/h7-14,17H,5-6,15-16H2,1-4H3,(H,24,27)(H,25,28)/p+1/t17-/m0/s1. The number of benzene rings is 2. The van der Waals surface area contributed by atoms with Gasteiger partial charge in [-0.1, -0.05) is 30.3 Å². The fourth-order valence-corrected chi connectivity index (χ4v) is 3.06. The Morgan fingerprint density at radius 3 is 2.23 bits per heavy atom. The van der Waals surface area contributed by atoms with Crippen LogP contribution in [0.4, 0.5) is 5.69 Å². The van der Waals surface area contributed by atoms with Gasteiger partial charge in [-0.15, -0.1) is 0 Å². The zero-order chi connectivity index (χ0) is 21.9. The summed E-state index contributed by atoms with van der Waals surface area (Å²) in [5.74, 6) is 0.954. The van der Waals surface area contributed by atoms with Crippen molar-refractivity contribution < 1.29 is 24.0 Å². The summed E-state index contributed by atoms with van der Waals surface area (Å²) in [6, 6.07) is 15.0. The smallest absolute Gasteiger partial charge is 0.279 e. The van der Waals surface area contributed by atoms with Crippen molar-refractivity contribution in [3.63, 3.8) is 0 Å². The number of ether oxygens (including phenoxy) is 2. The van der Waals surface area contributed by atoms with Gasteiger partial charge in [0.05, 0.1) is 26.3 Å². The average molecular weight is 415 g/mol. The maximum Gasteiger partial charge on any atom is 0.279 e. The van der Waals surface area contributed by atoms with Crippen LogP contribution < -0.4 is 25.0 Å². The first kappa shape index (κ1) is 23.2. The molecule has 2 aromatic rings. The number of likely N-dealkylation sites (N-methyl/N-ethyl adjacent to an activating group) is 1. The molecule has 0 aliphatic carbocycles. The zero-order valence-corrected chi connectivity index (χ0v) is 18.2. The second-order valence-corrected chi connectivity index (χ2v) is 7.09. The van der Waals surface area contributed by atoms with Crippen molar-refractivity contribution >= 4 is 17.5 Å². The predicted octanol–water partition coefficient (Wildman–Crippen LogP) is 1.81. The van der Waals surface area contributed by atoms with E-state index < -0.39 is 0 Å². The minimum absolute atomic E-state index is 0.0823. The van der Waals surface area contributed by atoms with Crippen LogP contribution in [0, 0.1) is 0 Å². The number of amides is 2. The molecule has 7 nitrogen and oxygen atoms in total. The second kappa shape index (κ2) is 11.8. The van der Waals surface area contributed by atoms with Crippen LogP contribution in [0.3, 0.4) is 0 Å². The second-order valence-electron chi connectivity index (χ2n) is 7.09. The lowest BCUT2D eigenvalue weighted by Crippen LogP contribution is -3.11. The lowest BCUT2D eigenvalue weighted by atomic mass is 10.1. The molecular formula is C23H32N3O4+. The SMILES string of the molecule is CCOc1ccc(NC(=O)C[NH+](C)CC(=O)N[C@@H](C)c2ccccc2)cc1OCC. The van der Waals surface area contributed by atoms with Gasteiger partial charge in [0.15, 0.2) is 24.6 Å². The van der Waals surface area contributed by atoms with Crippen LogP contribution in [0.5, 0.6) is 11.5 Å². The molecule has 2 rings (SSSR count). The first-order valence-corrected chi connectivity index (χ1v) is 10.3. The summed E-state index contributed by atoms with van der Waals surface area (Å²) in [5, 5.41) is 5.82. The molecule has 0 saturated carbocycles. The molecule has 0 spiro atoms. The van der Waals surface area contributed by atoms with Crippen molar-refractivity contribution in [3.05, 3.63) is 54.1 Å². The van der Waals surface area contributed by atoms with E-state index in [1.54, 1.807) is 18.2 Å². The van der Waals surface area contributed by atoms with E-state index in [0.717, 1.165) is 10.5 Å². The number of carbonyl (C=O) groups is 2. The number of anilines is 1. The Hall–Kier alpha value is -3.06. The molecule has 2 amide bonds. The van der Waals surface area contributed by atoms with E-state index >= 15 is 0 Å². The number of nitrogens with one attached hydrogen (secondary N) is 3. The van der Waals surface area contributed by atoms with Crippen LogP contribution in [-0.2, 0) is 9.59 Å². The Morgan fingerprint density at radius 2 is 1.57 bits per heavy atom. The van der Waals surface area contributed by atoms with Gasteiger partial charge >= 0.3 is 0 Å². The van der Waals surface area contributed by atoms with Crippen molar-refractivity contribution in [2.75, 3.05) is 38.7 Å². The molecule has 162 valence electrons. The quantitative estimate of drug-likeness (QED) is 0.524. The van der Waals surface area contributed by atoms with Crippen LogP contribution >= 0.6 is 0 Å². The van der Waals surface area contributed by atoms with Gasteiger partial charge in [0.1, 0.15) is 0 Å². The molecular weight excluding hydrogens is 382 g/mol. The maximum atomic E-state index is 12.4. The van der Waals surface area contributed by atoms with Crippen molar-refractivity contribution in [3.8, 4) is 11.5 Å². The monoisotopic (exact) mass is 414 g/mol. The molecule has 7 heteroatoms. The third-order valence-electron chi connectivity index (χ3n) is 4.43. The van der Waals surface area contributed by atoms with Gasteiger partial charge in [-0.25, -0.2) is 0 Å². The lowest BCUT2D eigenvalue weighted by molar-refractivity contribution is -0.862. The summed E-state index contributed by atoms with van der Waals surface area (Å²) in [4.78, 5) is 25.5. The lowest BCUT2D eigenvalue weighted by Gasteiger charge is -2.17. The first-order valence-electron chi connectivity index (χ1n) is 10.3. The number of carbonyl (C=O) groups excluding carboxylic acids is 2. The summed E-state index contributed by atoms with van der Waals surface area (Å²) in [6.45, 7) is 7.15. The van der Waals surface area contributed by atoms with Gasteiger partial charge in [0.25, 0.3) is 11.8 Å². The molecule has 0 radical (unpaired) electrons. The summed E-state index contributed by atoms with van der Waals surface area (Å²) < 4.78 is 11.1. The molecule has 0 bridgehead atoms. The molecule has 0 aliphatic heterocycles. The first-order chi connectivity index (χ1) is 14.4. The van der Waals surface area contributed by atoms with Gasteiger partial charge in [-0.3, -0.25) is 9.59 Å². The average Bonchev–Trinajstić information content (AvgIpc) is 2.70. The summed E-state index contributed by atoms with van der Waals surface area (Å²) in [6.07, 6.45) is 0. The molecule has 0 saturated heterocycles. The zero-order valence-electron chi connectivity index (χ0n) is 18.2. The Balaban J connectivity index is 1.85. The van der Waals surface area contributed by atoms with Crippen molar-refractivity contribution in [2.45, 2.75) is 26.8 Å². The van der Waals surface area contributed by atoms with Gasteiger partial charge in [-0.2, -0.15) is 0 Å². The fourth-order valence-electron chi connectivity index (χ4n) is 3.06. The van der Waals surface area contributed by atoms with Crippen LogP contribution in [0.15, 0.2) is 48.5 Å². The van der Waals surface area contributed by atoms with E-state index in [0.29, 0.717) is 30.4 Å². The van der Waals surface area contributed by atoms with Crippen molar-refractivity contribution in [2.24, 2.45) is 0 Å². The highest BCUT2D eigenvalue weighted by Crippen LogP contribution is 2.30. The highest BCUT2D eigenvalue weighted by atomic mass is 16.5. The number of hydrogen-bond donors (Lipinski definition) is 3. The molecule has 2 atom stereocenters. The van der Waals surface area contributed by atoms with Gasteiger partial charge in [0.2, 0.25) is 0 Å². The van der Waals surface area contributed by atoms with Gasteiger partial charge < -0.3 is 25.0 Å². The molecule has 2 aromatic carbocycles. The minimum atomic E-state index is -0.178. The van der Waals surface area contributed by atoms with E-state index in [-0.39, 0.29) is 30.9 Å². The number of quaternary nitrogens is 1. The molecule has 0 aliphatic rings. The molecule has 0 aromatic heterocycles. The van der Waals surface area contributed by atoms with E-state index in [1.165, 1.54) is 0 Å². The van der Waals surface area contributed by atoms with Crippen LogP contribution in [0.1, 0.15) is 32.4 Å². The summed E-state index contributed by atoms with van der Waals surface area (Å²) in [7, 11) is 1.82. The molecule has 1 unspecified atom stereocenters. The molecule has 0 heterocycles. The Kier molecular flexibility index (Phi) is 9.15. The third kappa shape index (κ3) is 7.40. The van der Waals surface area contributed by atoms with E-state index in [4.69, 9.17) is 9.47 Å². The Morgan fingerprint density at radius 1 is 0.933 bits per heavy atom.